The summed E-state index contributed by atoms with van der Waals surface area (Å²) in [6.07, 6.45) is 1.90. The predicted octanol–water partition coefficient (Wildman–Crippen LogP) is 3.77. The Bertz CT molecular complexity index is 385. The molecule has 1 fully saturated rings. The van der Waals surface area contributed by atoms with E-state index >= 15 is 0 Å². The van der Waals surface area contributed by atoms with Crippen LogP contribution in [0.1, 0.15) is 25.3 Å². The zero-order valence-corrected chi connectivity index (χ0v) is 9.98. The minimum Gasteiger partial charge on any atom is -0.280 e. The smallest absolute Gasteiger partial charge is 0.232 e. The van der Waals surface area contributed by atoms with E-state index in [0.717, 1.165) is 18.4 Å². The van der Waals surface area contributed by atoms with Gasteiger partial charge in [-0.2, -0.15) is 0 Å². The molecule has 1 nitrogen and oxygen atoms in total. The van der Waals surface area contributed by atoms with Crippen LogP contribution in [-0.2, 0) is 10.2 Å². The van der Waals surface area contributed by atoms with Crippen LogP contribution in [0, 0.1) is 5.92 Å². The number of rotatable bonds is 2. The Kier molecular flexibility index (Phi) is 2.78. The maximum absolute atomic E-state index is 11.6. The largest absolute Gasteiger partial charge is 0.280 e. The average Bonchev–Trinajstić information content (AvgIpc) is 2.19. The van der Waals surface area contributed by atoms with Crippen LogP contribution in [0.25, 0.3) is 0 Å². The average molecular weight is 243 g/mol. The van der Waals surface area contributed by atoms with Crippen molar-refractivity contribution in [3.05, 3.63) is 34.9 Å². The highest BCUT2D eigenvalue weighted by Gasteiger charge is 2.50. The summed E-state index contributed by atoms with van der Waals surface area (Å²) in [7, 11) is 0. The van der Waals surface area contributed by atoms with Crippen LogP contribution in [0.3, 0.4) is 0 Å². The summed E-state index contributed by atoms with van der Waals surface area (Å²) in [5, 5.41) is 0.437. The van der Waals surface area contributed by atoms with Gasteiger partial charge in [-0.25, -0.2) is 0 Å². The van der Waals surface area contributed by atoms with Crippen molar-refractivity contribution in [1.29, 1.82) is 0 Å². The van der Waals surface area contributed by atoms with Gasteiger partial charge >= 0.3 is 0 Å². The molecule has 2 atom stereocenters. The zero-order chi connectivity index (χ0) is 11.1. The van der Waals surface area contributed by atoms with E-state index < -0.39 is 5.41 Å². The summed E-state index contributed by atoms with van der Waals surface area (Å²) in [6, 6.07) is 7.42. The van der Waals surface area contributed by atoms with E-state index in [1.807, 2.05) is 24.3 Å². The molecule has 1 aromatic carbocycles. The Morgan fingerprint density at radius 3 is 2.33 bits per heavy atom. The standard InChI is InChI=1S/C12H12Cl2O/c1-8-6-7-12(8,11(14)15)9-2-4-10(13)5-3-9/h2-5,8H,6-7H2,1H3. The SMILES string of the molecule is CC1CCC1(C(=O)Cl)c1ccc(Cl)cc1. The second-order valence-corrected chi connectivity index (χ2v) is 4.97. The number of hydrogen-bond acceptors (Lipinski definition) is 1. The maximum atomic E-state index is 11.6. The molecular formula is C12H12Cl2O. The lowest BCUT2D eigenvalue weighted by atomic mass is 9.58. The molecule has 0 heterocycles. The molecule has 0 aliphatic heterocycles. The first-order valence-corrected chi connectivity index (χ1v) is 5.79. The van der Waals surface area contributed by atoms with E-state index in [-0.39, 0.29) is 5.24 Å². The van der Waals surface area contributed by atoms with E-state index in [1.54, 1.807) is 0 Å². The molecule has 1 aliphatic rings. The molecule has 0 spiro atoms. The van der Waals surface area contributed by atoms with Gasteiger partial charge in [0.15, 0.2) is 0 Å². The van der Waals surface area contributed by atoms with E-state index in [1.165, 1.54) is 0 Å². The van der Waals surface area contributed by atoms with Crippen molar-refractivity contribution in [1.82, 2.24) is 0 Å². The molecule has 0 aromatic heterocycles. The van der Waals surface area contributed by atoms with Crippen molar-refractivity contribution in [2.24, 2.45) is 5.92 Å². The summed E-state index contributed by atoms with van der Waals surface area (Å²) in [4.78, 5) is 11.6. The topological polar surface area (TPSA) is 17.1 Å². The fraction of sp³-hybridized carbons (Fsp3) is 0.417. The van der Waals surface area contributed by atoms with Crippen molar-refractivity contribution in [3.63, 3.8) is 0 Å². The Morgan fingerprint density at radius 2 is 2.00 bits per heavy atom. The first kappa shape index (κ1) is 11.0. The minimum atomic E-state index is -0.466. The number of hydrogen-bond donors (Lipinski definition) is 0. The van der Waals surface area contributed by atoms with Gasteiger partial charge in [-0.05, 0) is 48.1 Å². The zero-order valence-electron chi connectivity index (χ0n) is 8.47. The third-order valence-corrected chi connectivity index (χ3v) is 4.11. The summed E-state index contributed by atoms with van der Waals surface area (Å²) in [5.41, 5.74) is 0.525. The van der Waals surface area contributed by atoms with Crippen LogP contribution in [0.5, 0.6) is 0 Å². The summed E-state index contributed by atoms with van der Waals surface area (Å²) in [5.74, 6) is 0.323. The first-order chi connectivity index (χ1) is 7.07. The van der Waals surface area contributed by atoms with Crippen LogP contribution in [0.4, 0.5) is 0 Å². The second kappa shape index (κ2) is 3.80. The fourth-order valence-corrected chi connectivity index (χ4v) is 2.82. The molecule has 2 unspecified atom stereocenters. The summed E-state index contributed by atoms with van der Waals surface area (Å²) in [6.45, 7) is 2.07. The fourth-order valence-electron chi connectivity index (χ4n) is 2.30. The monoisotopic (exact) mass is 242 g/mol. The van der Waals surface area contributed by atoms with Crippen molar-refractivity contribution >= 4 is 28.4 Å². The second-order valence-electron chi connectivity index (χ2n) is 4.19. The molecule has 1 saturated carbocycles. The van der Waals surface area contributed by atoms with E-state index in [9.17, 15) is 4.79 Å². The third kappa shape index (κ3) is 1.58. The van der Waals surface area contributed by atoms with Gasteiger partial charge in [0.1, 0.15) is 0 Å². The number of carbonyl (C=O) groups is 1. The maximum Gasteiger partial charge on any atom is 0.232 e. The first-order valence-electron chi connectivity index (χ1n) is 5.03. The van der Waals surface area contributed by atoms with Gasteiger partial charge in [0.25, 0.3) is 0 Å². The lowest BCUT2D eigenvalue weighted by Gasteiger charge is -2.45. The highest BCUT2D eigenvalue weighted by Crippen LogP contribution is 2.50. The third-order valence-electron chi connectivity index (χ3n) is 3.52. The quantitative estimate of drug-likeness (QED) is 0.722. The van der Waals surface area contributed by atoms with Crippen molar-refractivity contribution in [2.75, 3.05) is 0 Å². The Hall–Kier alpha value is -0.530. The summed E-state index contributed by atoms with van der Waals surface area (Å²) < 4.78 is 0. The van der Waals surface area contributed by atoms with Crippen molar-refractivity contribution in [3.8, 4) is 0 Å². The molecule has 15 heavy (non-hydrogen) atoms. The number of halogens is 2. The Morgan fingerprint density at radius 1 is 1.40 bits per heavy atom. The Balaban J connectivity index is 2.42. The Labute approximate surface area is 99.4 Å². The minimum absolute atomic E-state index is 0.247. The normalized spacial score (nSPS) is 29.7. The van der Waals surface area contributed by atoms with Crippen LogP contribution in [0.15, 0.2) is 24.3 Å². The number of benzene rings is 1. The molecule has 0 radical (unpaired) electrons. The van der Waals surface area contributed by atoms with Crippen LogP contribution >= 0.6 is 23.2 Å². The molecular weight excluding hydrogens is 231 g/mol. The highest BCUT2D eigenvalue weighted by atomic mass is 35.5. The lowest BCUT2D eigenvalue weighted by Crippen LogP contribution is -2.47. The van der Waals surface area contributed by atoms with Gasteiger partial charge in [0.2, 0.25) is 5.24 Å². The molecule has 0 bridgehead atoms. The van der Waals surface area contributed by atoms with Gasteiger partial charge in [-0.3, -0.25) is 4.79 Å². The van der Waals surface area contributed by atoms with Gasteiger partial charge in [-0.15, -0.1) is 0 Å². The molecule has 80 valence electrons. The van der Waals surface area contributed by atoms with E-state index in [4.69, 9.17) is 23.2 Å². The number of carbonyl (C=O) groups excluding carboxylic acids is 1. The van der Waals surface area contributed by atoms with Crippen LogP contribution < -0.4 is 0 Å². The molecule has 1 aliphatic carbocycles. The predicted molar refractivity (Wildman–Crippen MR) is 62.4 cm³/mol. The molecule has 0 N–H and O–H groups in total. The van der Waals surface area contributed by atoms with Gasteiger partial charge in [0.05, 0.1) is 5.41 Å². The molecule has 3 heteroatoms. The van der Waals surface area contributed by atoms with Gasteiger partial charge < -0.3 is 0 Å². The van der Waals surface area contributed by atoms with Crippen LogP contribution in [0.2, 0.25) is 5.02 Å². The molecule has 2 rings (SSSR count). The van der Waals surface area contributed by atoms with Crippen molar-refractivity contribution < 1.29 is 4.79 Å². The molecule has 1 aromatic rings. The highest BCUT2D eigenvalue weighted by molar-refractivity contribution is 6.65. The van der Waals surface area contributed by atoms with Crippen LogP contribution in [-0.4, -0.2) is 5.24 Å². The van der Waals surface area contributed by atoms with Gasteiger partial charge in [0, 0.05) is 5.02 Å². The van der Waals surface area contributed by atoms with Crippen molar-refractivity contribution in [2.45, 2.75) is 25.2 Å². The lowest BCUT2D eigenvalue weighted by molar-refractivity contribution is -0.122. The van der Waals surface area contributed by atoms with E-state index in [2.05, 4.69) is 6.92 Å². The molecule has 0 amide bonds. The molecule has 0 saturated heterocycles. The van der Waals surface area contributed by atoms with E-state index in [0.29, 0.717) is 10.9 Å². The summed E-state index contributed by atoms with van der Waals surface area (Å²) >= 11 is 11.6. The van der Waals surface area contributed by atoms with Gasteiger partial charge in [-0.1, -0.05) is 30.7 Å².